The molecule has 1 fully saturated rings. The summed E-state index contributed by atoms with van der Waals surface area (Å²) in [5, 5.41) is 14.8. The van der Waals surface area contributed by atoms with Crippen molar-refractivity contribution in [2.45, 2.75) is 58.5 Å². The van der Waals surface area contributed by atoms with Crippen LogP contribution in [-0.2, 0) is 9.59 Å². The molecule has 110 valence electrons. The number of hydrogen-bond acceptors (Lipinski definition) is 3. The highest BCUT2D eigenvalue weighted by molar-refractivity contribution is 5.87. The molecule has 3 N–H and O–H groups in total. The highest BCUT2D eigenvalue weighted by atomic mass is 16.3. The molecule has 0 aliphatic heterocycles. The van der Waals surface area contributed by atoms with Crippen LogP contribution in [0.15, 0.2) is 0 Å². The molecule has 0 bridgehead atoms. The molecule has 1 rings (SSSR count). The van der Waals surface area contributed by atoms with E-state index in [9.17, 15) is 9.59 Å². The largest absolute Gasteiger partial charge is 0.396 e. The number of aliphatic hydroxyl groups is 1. The molecular formula is C14H26N2O3. The van der Waals surface area contributed by atoms with Crippen molar-refractivity contribution in [3.8, 4) is 0 Å². The van der Waals surface area contributed by atoms with Crippen LogP contribution in [0.4, 0.5) is 0 Å². The van der Waals surface area contributed by atoms with Gasteiger partial charge in [0.15, 0.2) is 0 Å². The maximum absolute atomic E-state index is 12.2. The second-order valence-corrected chi connectivity index (χ2v) is 5.83. The van der Waals surface area contributed by atoms with Crippen molar-refractivity contribution in [1.29, 1.82) is 0 Å². The van der Waals surface area contributed by atoms with Gasteiger partial charge in [-0.05, 0) is 37.5 Å². The van der Waals surface area contributed by atoms with E-state index < -0.39 is 6.04 Å². The van der Waals surface area contributed by atoms with Crippen LogP contribution in [0.5, 0.6) is 0 Å². The zero-order valence-electron chi connectivity index (χ0n) is 12.1. The standard InChI is InChI=1S/C14H26N2O3/c1-9(2)13(15-10(3)18)14(19)16-12-6-4-11(8-17)5-7-12/h9,11-13,17H,4-8H2,1-3H3,(H,15,18)(H,16,19). The van der Waals surface area contributed by atoms with Crippen LogP contribution in [0, 0.1) is 11.8 Å². The first kappa shape index (κ1) is 16.0. The number of amides is 2. The van der Waals surface area contributed by atoms with Gasteiger partial charge in [0, 0.05) is 19.6 Å². The highest BCUT2D eigenvalue weighted by Gasteiger charge is 2.27. The molecule has 2 amide bonds. The van der Waals surface area contributed by atoms with Gasteiger partial charge in [-0.25, -0.2) is 0 Å². The minimum Gasteiger partial charge on any atom is -0.396 e. The molecule has 5 heteroatoms. The van der Waals surface area contributed by atoms with Gasteiger partial charge in [0.2, 0.25) is 11.8 Å². The summed E-state index contributed by atoms with van der Waals surface area (Å²) in [4.78, 5) is 23.3. The van der Waals surface area contributed by atoms with Gasteiger partial charge in [-0.15, -0.1) is 0 Å². The highest BCUT2D eigenvalue weighted by Crippen LogP contribution is 2.23. The predicted molar refractivity (Wildman–Crippen MR) is 73.4 cm³/mol. The maximum Gasteiger partial charge on any atom is 0.243 e. The Labute approximate surface area is 115 Å². The Hall–Kier alpha value is -1.10. The maximum atomic E-state index is 12.2. The van der Waals surface area contributed by atoms with Crippen LogP contribution >= 0.6 is 0 Å². The van der Waals surface area contributed by atoms with Crippen LogP contribution in [0.1, 0.15) is 46.5 Å². The summed E-state index contributed by atoms with van der Waals surface area (Å²) in [6, 6.07) is -0.293. The number of nitrogens with one attached hydrogen (secondary N) is 2. The quantitative estimate of drug-likeness (QED) is 0.692. The van der Waals surface area contributed by atoms with Gasteiger partial charge in [0.1, 0.15) is 6.04 Å². The lowest BCUT2D eigenvalue weighted by molar-refractivity contribution is -0.129. The lowest BCUT2D eigenvalue weighted by Gasteiger charge is -2.30. The van der Waals surface area contributed by atoms with Crippen molar-refractivity contribution in [2.24, 2.45) is 11.8 Å². The fourth-order valence-corrected chi connectivity index (χ4v) is 2.53. The first-order chi connectivity index (χ1) is 8.93. The van der Waals surface area contributed by atoms with Gasteiger partial charge in [-0.2, -0.15) is 0 Å². The topological polar surface area (TPSA) is 78.4 Å². The van der Waals surface area contributed by atoms with Crippen LogP contribution < -0.4 is 10.6 Å². The van der Waals surface area contributed by atoms with Crippen LogP contribution in [0.2, 0.25) is 0 Å². The summed E-state index contributed by atoms with van der Waals surface area (Å²) in [5.74, 6) is 0.164. The third kappa shape index (κ3) is 5.19. The van der Waals surface area contributed by atoms with E-state index in [1.807, 2.05) is 13.8 Å². The number of hydrogen-bond donors (Lipinski definition) is 3. The molecule has 0 radical (unpaired) electrons. The summed E-state index contributed by atoms with van der Waals surface area (Å²) in [7, 11) is 0. The predicted octanol–water partition coefficient (Wildman–Crippen LogP) is 0.814. The van der Waals surface area contributed by atoms with Crippen molar-refractivity contribution in [3.05, 3.63) is 0 Å². The number of carbonyl (C=O) groups excluding carboxylic acids is 2. The third-order valence-corrected chi connectivity index (χ3v) is 3.76. The van der Waals surface area contributed by atoms with E-state index in [1.54, 1.807) is 0 Å². The van der Waals surface area contributed by atoms with Crippen molar-refractivity contribution in [1.82, 2.24) is 10.6 Å². The van der Waals surface area contributed by atoms with E-state index in [-0.39, 0.29) is 30.4 Å². The molecule has 1 aliphatic carbocycles. The van der Waals surface area contributed by atoms with Gasteiger partial charge in [-0.1, -0.05) is 13.8 Å². The van der Waals surface area contributed by atoms with Gasteiger partial charge in [0.25, 0.3) is 0 Å². The zero-order valence-corrected chi connectivity index (χ0v) is 12.1. The van der Waals surface area contributed by atoms with Gasteiger partial charge >= 0.3 is 0 Å². The summed E-state index contributed by atoms with van der Waals surface area (Å²) in [6.45, 7) is 5.50. The van der Waals surface area contributed by atoms with Crippen molar-refractivity contribution in [2.75, 3.05) is 6.61 Å². The van der Waals surface area contributed by atoms with E-state index >= 15 is 0 Å². The van der Waals surface area contributed by atoms with Crippen LogP contribution in [-0.4, -0.2) is 35.6 Å². The molecule has 1 unspecified atom stereocenters. The Bertz CT molecular complexity index is 310. The zero-order chi connectivity index (χ0) is 14.4. The summed E-state index contributed by atoms with van der Waals surface area (Å²) in [5.41, 5.74) is 0. The third-order valence-electron chi connectivity index (χ3n) is 3.76. The van der Waals surface area contributed by atoms with Gasteiger partial charge in [-0.3, -0.25) is 9.59 Å². The molecule has 0 spiro atoms. The Morgan fingerprint density at radius 3 is 2.21 bits per heavy atom. The first-order valence-corrected chi connectivity index (χ1v) is 7.12. The molecule has 0 heterocycles. The number of aliphatic hydroxyl groups excluding tert-OH is 1. The normalized spacial score (nSPS) is 24.9. The van der Waals surface area contributed by atoms with Crippen molar-refractivity contribution < 1.29 is 14.7 Å². The molecule has 1 aliphatic rings. The average Bonchev–Trinajstić information content (AvgIpc) is 2.36. The van der Waals surface area contributed by atoms with E-state index in [1.165, 1.54) is 6.92 Å². The smallest absolute Gasteiger partial charge is 0.243 e. The minimum absolute atomic E-state index is 0.0673. The fraction of sp³-hybridized carbons (Fsp3) is 0.857. The molecule has 0 aromatic heterocycles. The van der Waals surface area contributed by atoms with E-state index in [0.29, 0.717) is 5.92 Å². The summed E-state index contributed by atoms with van der Waals surface area (Å²) in [6.07, 6.45) is 3.71. The Morgan fingerprint density at radius 2 is 1.79 bits per heavy atom. The minimum atomic E-state index is -0.465. The molecule has 0 saturated heterocycles. The Balaban J connectivity index is 2.46. The van der Waals surface area contributed by atoms with E-state index in [2.05, 4.69) is 10.6 Å². The number of carbonyl (C=O) groups is 2. The first-order valence-electron chi connectivity index (χ1n) is 7.12. The lowest BCUT2D eigenvalue weighted by Crippen LogP contribution is -2.52. The van der Waals surface area contributed by atoms with Crippen molar-refractivity contribution >= 4 is 11.8 Å². The molecular weight excluding hydrogens is 244 g/mol. The molecule has 0 aromatic carbocycles. The number of rotatable bonds is 5. The molecule has 1 atom stereocenters. The summed E-state index contributed by atoms with van der Waals surface area (Å²) >= 11 is 0. The second-order valence-electron chi connectivity index (χ2n) is 5.83. The second kappa shape index (κ2) is 7.48. The molecule has 5 nitrogen and oxygen atoms in total. The Kier molecular flexibility index (Phi) is 6.28. The fourth-order valence-electron chi connectivity index (χ4n) is 2.53. The molecule has 19 heavy (non-hydrogen) atoms. The van der Waals surface area contributed by atoms with Gasteiger partial charge < -0.3 is 15.7 Å². The SMILES string of the molecule is CC(=O)NC(C(=O)NC1CCC(CO)CC1)C(C)C. The lowest BCUT2D eigenvalue weighted by atomic mass is 9.86. The van der Waals surface area contributed by atoms with Crippen molar-refractivity contribution in [3.63, 3.8) is 0 Å². The molecule has 1 saturated carbocycles. The van der Waals surface area contributed by atoms with E-state index in [0.717, 1.165) is 25.7 Å². The van der Waals surface area contributed by atoms with Gasteiger partial charge in [0.05, 0.1) is 0 Å². The average molecular weight is 270 g/mol. The monoisotopic (exact) mass is 270 g/mol. The van der Waals surface area contributed by atoms with Crippen LogP contribution in [0.25, 0.3) is 0 Å². The summed E-state index contributed by atoms with van der Waals surface area (Å²) < 4.78 is 0. The molecule has 0 aromatic rings. The van der Waals surface area contributed by atoms with Crippen LogP contribution in [0.3, 0.4) is 0 Å². The Morgan fingerprint density at radius 1 is 1.21 bits per heavy atom. The van der Waals surface area contributed by atoms with E-state index in [4.69, 9.17) is 5.11 Å².